The number of carboxylic acids is 1. The summed E-state index contributed by atoms with van der Waals surface area (Å²) < 4.78 is 21.2. The molecule has 3 aliphatic rings. The second-order valence-electron chi connectivity index (χ2n) is 11.8. The van der Waals surface area contributed by atoms with Gasteiger partial charge in [0.05, 0.1) is 5.92 Å². The number of ether oxygens (including phenoxy) is 1. The molecule has 0 bridgehead atoms. The molecule has 0 amide bonds. The number of hydrogen-bond donors (Lipinski definition) is 1. The number of fused-ring (bicyclic) bond motifs is 2. The highest BCUT2D eigenvalue weighted by Gasteiger charge is 2.61. The Bertz CT molecular complexity index is 1450. The number of allylic oxidation sites excluding steroid dienone is 2. The summed E-state index contributed by atoms with van der Waals surface area (Å²) in [5.74, 6) is -0.406. The highest BCUT2D eigenvalue weighted by atomic mass is 19.1. The molecule has 1 N–H and O–H groups in total. The number of benzene rings is 3. The van der Waals surface area contributed by atoms with E-state index in [1.54, 1.807) is 12.1 Å². The fourth-order valence-electron chi connectivity index (χ4n) is 6.64. The van der Waals surface area contributed by atoms with Crippen LogP contribution in [-0.2, 0) is 23.2 Å². The van der Waals surface area contributed by atoms with Crippen LogP contribution in [0.2, 0.25) is 0 Å². The summed E-state index contributed by atoms with van der Waals surface area (Å²) in [6.45, 7) is 6.90. The normalized spacial score (nSPS) is 23.1. The lowest BCUT2D eigenvalue weighted by Crippen LogP contribution is -2.12. The Labute approximate surface area is 218 Å². The quantitative estimate of drug-likeness (QED) is 0.378. The van der Waals surface area contributed by atoms with Gasteiger partial charge in [0.1, 0.15) is 18.2 Å². The van der Waals surface area contributed by atoms with Crippen molar-refractivity contribution in [2.24, 2.45) is 11.3 Å². The van der Waals surface area contributed by atoms with E-state index in [2.05, 4.69) is 38.1 Å². The van der Waals surface area contributed by atoms with Crippen LogP contribution in [0.25, 0.3) is 16.7 Å². The summed E-state index contributed by atoms with van der Waals surface area (Å²) in [6, 6.07) is 17.6. The molecule has 0 saturated heterocycles. The Morgan fingerprint density at radius 1 is 1.03 bits per heavy atom. The molecular weight excluding hydrogens is 463 g/mol. The molecule has 37 heavy (non-hydrogen) atoms. The molecule has 3 aromatic rings. The Morgan fingerprint density at radius 2 is 1.86 bits per heavy atom. The summed E-state index contributed by atoms with van der Waals surface area (Å²) in [4.78, 5) is 11.6. The van der Waals surface area contributed by atoms with Crippen molar-refractivity contribution < 1.29 is 19.0 Å². The molecule has 4 heteroatoms. The maximum Gasteiger partial charge on any atom is 0.307 e. The first-order valence-corrected chi connectivity index (χ1v) is 13.3. The number of aryl methyl sites for hydroxylation is 2. The molecule has 6 rings (SSSR count). The fourth-order valence-corrected chi connectivity index (χ4v) is 6.64. The summed E-state index contributed by atoms with van der Waals surface area (Å²) >= 11 is 0. The van der Waals surface area contributed by atoms with Gasteiger partial charge in [-0.05, 0) is 108 Å². The van der Waals surface area contributed by atoms with Crippen LogP contribution in [-0.4, -0.2) is 11.1 Å². The van der Waals surface area contributed by atoms with Crippen molar-refractivity contribution in [1.82, 2.24) is 0 Å². The molecule has 3 nitrogen and oxygen atoms in total. The van der Waals surface area contributed by atoms with E-state index in [0.29, 0.717) is 12.2 Å². The van der Waals surface area contributed by atoms with Crippen LogP contribution in [0.3, 0.4) is 0 Å². The van der Waals surface area contributed by atoms with Crippen molar-refractivity contribution in [2.45, 2.75) is 64.9 Å². The molecule has 1 saturated carbocycles. The molecule has 3 aliphatic carbocycles. The Kier molecular flexibility index (Phi) is 5.56. The first-order valence-electron chi connectivity index (χ1n) is 13.3. The zero-order valence-corrected chi connectivity index (χ0v) is 21.7. The number of aliphatic carboxylic acids is 1. The Morgan fingerprint density at radius 3 is 2.59 bits per heavy atom. The van der Waals surface area contributed by atoms with Crippen LogP contribution < -0.4 is 4.74 Å². The maximum absolute atomic E-state index is 15.0. The highest BCUT2D eigenvalue weighted by Crippen LogP contribution is 2.62. The number of carboxylic acid groups (broad SMARTS) is 1. The second kappa shape index (κ2) is 8.58. The van der Waals surface area contributed by atoms with Crippen molar-refractivity contribution in [2.75, 3.05) is 0 Å². The van der Waals surface area contributed by atoms with Gasteiger partial charge < -0.3 is 9.84 Å². The van der Waals surface area contributed by atoms with E-state index in [1.807, 2.05) is 31.2 Å². The number of halogens is 1. The van der Waals surface area contributed by atoms with E-state index < -0.39 is 5.97 Å². The Balaban J connectivity index is 1.31. The minimum atomic E-state index is -0.694. The Hall–Kier alpha value is -3.40. The molecule has 0 heterocycles. The molecule has 0 aromatic heterocycles. The second-order valence-corrected chi connectivity index (χ2v) is 11.8. The minimum Gasteiger partial charge on any atom is -0.489 e. The molecule has 3 aromatic carbocycles. The van der Waals surface area contributed by atoms with Gasteiger partial charge in [0.2, 0.25) is 0 Å². The predicted octanol–water partition coefficient (Wildman–Crippen LogP) is 7.87. The SMILES string of the molecule is Cc1ccc(F)c(-c2ccc(COc3ccc4c(c3)[C@@]3(CC4)C[C@H]3C(=O)O)cc2C2=CCCC2(C)C)c1. The summed E-state index contributed by atoms with van der Waals surface area (Å²) in [5, 5.41) is 9.56. The number of hydrogen-bond acceptors (Lipinski definition) is 2. The third kappa shape index (κ3) is 4.07. The monoisotopic (exact) mass is 496 g/mol. The maximum atomic E-state index is 15.0. The first-order chi connectivity index (χ1) is 17.7. The summed E-state index contributed by atoms with van der Waals surface area (Å²) in [5.41, 5.74) is 8.17. The van der Waals surface area contributed by atoms with Crippen molar-refractivity contribution in [3.8, 4) is 16.9 Å². The molecule has 0 radical (unpaired) electrons. The van der Waals surface area contributed by atoms with Crippen LogP contribution >= 0.6 is 0 Å². The van der Waals surface area contributed by atoms with Crippen LogP contribution in [0.15, 0.2) is 60.7 Å². The smallest absolute Gasteiger partial charge is 0.307 e. The molecule has 1 spiro atoms. The molecular formula is C33H33FO3. The van der Waals surface area contributed by atoms with E-state index in [0.717, 1.165) is 65.7 Å². The van der Waals surface area contributed by atoms with Gasteiger partial charge in [-0.15, -0.1) is 0 Å². The van der Waals surface area contributed by atoms with Gasteiger partial charge in [-0.1, -0.05) is 49.8 Å². The molecule has 0 aliphatic heterocycles. The van der Waals surface area contributed by atoms with Crippen molar-refractivity contribution in [1.29, 1.82) is 0 Å². The zero-order chi connectivity index (χ0) is 25.9. The van der Waals surface area contributed by atoms with Gasteiger partial charge in [-0.2, -0.15) is 0 Å². The fraction of sp³-hybridized carbons (Fsp3) is 0.364. The van der Waals surface area contributed by atoms with Gasteiger partial charge in [0, 0.05) is 11.0 Å². The van der Waals surface area contributed by atoms with Crippen molar-refractivity contribution in [3.63, 3.8) is 0 Å². The van der Waals surface area contributed by atoms with E-state index >= 15 is 0 Å². The molecule has 190 valence electrons. The van der Waals surface area contributed by atoms with Crippen LogP contribution in [0, 0.1) is 24.1 Å². The number of carbonyl (C=O) groups is 1. The van der Waals surface area contributed by atoms with Crippen molar-refractivity contribution >= 4 is 11.5 Å². The number of rotatable bonds is 6. The largest absolute Gasteiger partial charge is 0.489 e. The minimum absolute atomic E-state index is 0.0216. The lowest BCUT2D eigenvalue weighted by Gasteiger charge is -2.25. The van der Waals surface area contributed by atoms with E-state index in [-0.39, 0.29) is 22.6 Å². The van der Waals surface area contributed by atoms with Crippen LogP contribution in [0.5, 0.6) is 5.75 Å². The third-order valence-corrected chi connectivity index (χ3v) is 8.87. The highest BCUT2D eigenvalue weighted by molar-refractivity contribution is 5.85. The standard InChI is InChI=1S/C33H33FO3/c1-20-6-11-30(34)26(15-20)24-10-7-21(16-25(24)27-5-4-13-32(27,2)3)19-37-23-9-8-22-12-14-33(28(22)17-23)18-29(33)31(35)36/h5-11,15-17,29H,4,12-14,18-19H2,1-3H3,(H,35,36)/t29-,33+/m0/s1. The van der Waals surface area contributed by atoms with Crippen LogP contribution in [0.1, 0.15) is 67.3 Å². The lowest BCUT2D eigenvalue weighted by molar-refractivity contribution is -0.139. The first kappa shape index (κ1) is 24.0. The van der Waals surface area contributed by atoms with Gasteiger partial charge in [-0.3, -0.25) is 4.79 Å². The lowest BCUT2D eigenvalue weighted by atomic mass is 9.79. The molecule has 1 fully saturated rings. The van der Waals surface area contributed by atoms with Crippen LogP contribution in [0.4, 0.5) is 4.39 Å². The van der Waals surface area contributed by atoms with Gasteiger partial charge in [-0.25, -0.2) is 4.39 Å². The predicted molar refractivity (Wildman–Crippen MR) is 144 cm³/mol. The van der Waals surface area contributed by atoms with Gasteiger partial charge in [0.15, 0.2) is 0 Å². The zero-order valence-electron chi connectivity index (χ0n) is 21.7. The third-order valence-electron chi connectivity index (χ3n) is 8.87. The average molecular weight is 497 g/mol. The van der Waals surface area contributed by atoms with Gasteiger partial charge >= 0.3 is 5.97 Å². The molecule has 0 unspecified atom stereocenters. The summed E-state index contributed by atoms with van der Waals surface area (Å²) in [6.07, 6.45) is 6.97. The van der Waals surface area contributed by atoms with Crippen molar-refractivity contribution in [3.05, 3.63) is 94.3 Å². The van der Waals surface area contributed by atoms with Gasteiger partial charge in [0.25, 0.3) is 0 Å². The van der Waals surface area contributed by atoms with E-state index in [4.69, 9.17) is 4.74 Å². The molecule has 2 atom stereocenters. The summed E-state index contributed by atoms with van der Waals surface area (Å²) in [7, 11) is 0. The average Bonchev–Trinajstić information content (AvgIpc) is 3.36. The van der Waals surface area contributed by atoms with E-state index in [1.165, 1.54) is 11.1 Å². The topological polar surface area (TPSA) is 46.5 Å². The van der Waals surface area contributed by atoms with E-state index in [9.17, 15) is 14.3 Å².